The van der Waals surface area contributed by atoms with Crippen molar-refractivity contribution in [3.63, 3.8) is 0 Å². The van der Waals surface area contributed by atoms with Gasteiger partial charge < -0.3 is 10.5 Å². The monoisotopic (exact) mass is 257 g/mol. The molecule has 0 aliphatic carbocycles. The molecule has 0 heterocycles. The highest BCUT2D eigenvalue weighted by atomic mass is 79.9. The summed E-state index contributed by atoms with van der Waals surface area (Å²) in [5, 5.41) is 0. The molecule has 78 valence electrons. The number of hydrogen-bond acceptors (Lipinski definition) is 2. The van der Waals surface area contributed by atoms with Crippen LogP contribution < -0.4 is 5.73 Å². The molecule has 0 aromatic heterocycles. The number of ether oxygens (including phenoxy) is 1. The maximum atomic E-state index is 5.66. The van der Waals surface area contributed by atoms with Crippen molar-refractivity contribution in [2.24, 2.45) is 5.73 Å². The number of rotatable bonds is 4. The molecule has 14 heavy (non-hydrogen) atoms. The van der Waals surface area contributed by atoms with E-state index in [1.807, 2.05) is 26.0 Å². The predicted molar refractivity (Wildman–Crippen MR) is 62.2 cm³/mol. The summed E-state index contributed by atoms with van der Waals surface area (Å²) in [6.45, 7) is 5.24. The standard InChI is InChI=1S/C11H16BrNO/c1-11(2,14-8-7-13)9-3-5-10(12)6-4-9/h3-6H,7-8,13H2,1-2H3. The number of nitrogens with two attached hydrogens (primary N) is 1. The Kier molecular flexibility index (Phi) is 4.11. The van der Waals surface area contributed by atoms with Gasteiger partial charge in [0.1, 0.15) is 0 Å². The van der Waals surface area contributed by atoms with E-state index in [1.165, 1.54) is 0 Å². The van der Waals surface area contributed by atoms with Crippen molar-refractivity contribution in [3.8, 4) is 0 Å². The SMILES string of the molecule is CC(C)(OCCN)c1ccc(Br)cc1. The third kappa shape index (κ3) is 3.08. The molecule has 1 aromatic carbocycles. The van der Waals surface area contributed by atoms with Gasteiger partial charge in [-0.25, -0.2) is 0 Å². The van der Waals surface area contributed by atoms with E-state index in [4.69, 9.17) is 10.5 Å². The average molecular weight is 258 g/mol. The molecule has 0 fully saturated rings. The van der Waals surface area contributed by atoms with Crippen LogP contribution in [0, 0.1) is 0 Å². The van der Waals surface area contributed by atoms with Gasteiger partial charge in [0.05, 0.1) is 12.2 Å². The lowest BCUT2D eigenvalue weighted by Crippen LogP contribution is -2.25. The molecule has 0 unspecified atom stereocenters. The van der Waals surface area contributed by atoms with Gasteiger partial charge in [-0.05, 0) is 31.5 Å². The van der Waals surface area contributed by atoms with Crippen LogP contribution in [0.25, 0.3) is 0 Å². The highest BCUT2D eigenvalue weighted by molar-refractivity contribution is 9.10. The molecule has 0 saturated heterocycles. The smallest absolute Gasteiger partial charge is 0.0875 e. The topological polar surface area (TPSA) is 35.2 Å². The number of hydrogen-bond donors (Lipinski definition) is 1. The van der Waals surface area contributed by atoms with E-state index in [-0.39, 0.29) is 5.60 Å². The first-order valence-electron chi connectivity index (χ1n) is 4.66. The van der Waals surface area contributed by atoms with Crippen molar-refractivity contribution < 1.29 is 4.74 Å². The van der Waals surface area contributed by atoms with Gasteiger partial charge in [-0.3, -0.25) is 0 Å². The highest BCUT2D eigenvalue weighted by Crippen LogP contribution is 2.25. The summed E-state index contributed by atoms with van der Waals surface area (Å²) in [5.74, 6) is 0. The molecule has 1 rings (SSSR count). The summed E-state index contributed by atoms with van der Waals surface area (Å²) in [6.07, 6.45) is 0. The minimum absolute atomic E-state index is 0.264. The van der Waals surface area contributed by atoms with Crippen LogP contribution in [-0.4, -0.2) is 13.2 Å². The third-order valence-electron chi connectivity index (χ3n) is 2.12. The zero-order valence-electron chi connectivity index (χ0n) is 8.59. The fraction of sp³-hybridized carbons (Fsp3) is 0.455. The van der Waals surface area contributed by atoms with Crippen LogP contribution in [0.5, 0.6) is 0 Å². The maximum absolute atomic E-state index is 5.66. The second kappa shape index (κ2) is 4.91. The molecule has 3 heteroatoms. The fourth-order valence-corrected chi connectivity index (χ4v) is 1.51. The van der Waals surface area contributed by atoms with Gasteiger partial charge in [-0.2, -0.15) is 0 Å². The molecular formula is C11H16BrNO. The summed E-state index contributed by atoms with van der Waals surface area (Å²) in [6, 6.07) is 8.15. The van der Waals surface area contributed by atoms with E-state index in [2.05, 4.69) is 28.1 Å². The Morgan fingerprint density at radius 1 is 1.29 bits per heavy atom. The summed E-state index contributed by atoms with van der Waals surface area (Å²) in [7, 11) is 0. The number of benzene rings is 1. The summed E-state index contributed by atoms with van der Waals surface area (Å²) >= 11 is 3.40. The van der Waals surface area contributed by atoms with Gasteiger partial charge in [0.15, 0.2) is 0 Å². The summed E-state index contributed by atoms with van der Waals surface area (Å²) in [5.41, 5.74) is 6.30. The van der Waals surface area contributed by atoms with Gasteiger partial charge in [0, 0.05) is 11.0 Å². The van der Waals surface area contributed by atoms with E-state index in [0.717, 1.165) is 10.0 Å². The first-order chi connectivity index (χ1) is 6.56. The molecule has 0 atom stereocenters. The van der Waals surface area contributed by atoms with Crippen molar-refractivity contribution in [1.82, 2.24) is 0 Å². The van der Waals surface area contributed by atoms with Crippen LogP contribution in [0.2, 0.25) is 0 Å². The molecule has 0 aliphatic rings. The number of halogens is 1. The van der Waals surface area contributed by atoms with E-state index >= 15 is 0 Å². The van der Waals surface area contributed by atoms with Crippen LogP contribution >= 0.6 is 15.9 Å². The van der Waals surface area contributed by atoms with Crippen molar-refractivity contribution in [3.05, 3.63) is 34.3 Å². The first kappa shape index (κ1) is 11.7. The summed E-state index contributed by atoms with van der Waals surface area (Å²) < 4.78 is 6.74. The average Bonchev–Trinajstić information content (AvgIpc) is 2.16. The van der Waals surface area contributed by atoms with Gasteiger partial charge in [-0.15, -0.1) is 0 Å². The van der Waals surface area contributed by atoms with E-state index in [9.17, 15) is 0 Å². The van der Waals surface area contributed by atoms with Gasteiger partial charge in [0.2, 0.25) is 0 Å². The van der Waals surface area contributed by atoms with E-state index < -0.39 is 0 Å². The lowest BCUT2D eigenvalue weighted by atomic mass is 9.98. The maximum Gasteiger partial charge on any atom is 0.0875 e. The third-order valence-corrected chi connectivity index (χ3v) is 2.65. The Morgan fingerprint density at radius 3 is 2.36 bits per heavy atom. The van der Waals surface area contributed by atoms with Gasteiger partial charge >= 0.3 is 0 Å². The van der Waals surface area contributed by atoms with Crippen LogP contribution in [0.1, 0.15) is 19.4 Å². The molecule has 2 N–H and O–H groups in total. The van der Waals surface area contributed by atoms with E-state index in [0.29, 0.717) is 13.2 Å². The van der Waals surface area contributed by atoms with Crippen LogP contribution in [-0.2, 0) is 10.3 Å². The molecule has 0 bridgehead atoms. The fourth-order valence-electron chi connectivity index (χ4n) is 1.25. The van der Waals surface area contributed by atoms with Crippen LogP contribution in [0.3, 0.4) is 0 Å². The highest BCUT2D eigenvalue weighted by Gasteiger charge is 2.20. The van der Waals surface area contributed by atoms with Crippen molar-refractivity contribution in [2.45, 2.75) is 19.4 Å². The normalized spacial score (nSPS) is 11.7. The Hall–Kier alpha value is -0.380. The minimum atomic E-state index is -0.264. The molecule has 0 amide bonds. The Morgan fingerprint density at radius 2 is 1.86 bits per heavy atom. The molecule has 0 radical (unpaired) electrons. The van der Waals surface area contributed by atoms with Gasteiger partial charge in [0.25, 0.3) is 0 Å². The quantitative estimate of drug-likeness (QED) is 0.901. The molecule has 0 saturated carbocycles. The Balaban J connectivity index is 2.75. The molecule has 1 aromatic rings. The van der Waals surface area contributed by atoms with Crippen LogP contribution in [0.15, 0.2) is 28.7 Å². The van der Waals surface area contributed by atoms with Crippen molar-refractivity contribution in [1.29, 1.82) is 0 Å². The lowest BCUT2D eigenvalue weighted by Gasteiger charge is -2.25. The molecule has 0 aliphatic heterocycles. The molecular weight excluding hydrogens is 242 g/mol. The Labute approximate surface area is 93.6 Å². The zero-order chi connectivity index (χ0) is 10.6. The Bertz CT molecular complexity index is 282. The predicted octanol–water partition coefficient (Wildman–Crippen LogP) is 2.66. The first-order valence-corrected chi connectivity index (χ1v) is 5.45. The minimum Gasteiger partial charge on any atom is -0.370 e. The van der Waals surface area contributed by atoms with Crippen molar-refractivity contribution in [2.75, 3.05) is 13.2 Å². The van der Waals surface area contributed by atoms with E-state index in [1.54, 1.807) is 0 Å². The lowest BCUT2D eigenvalue weighted by molar-refractivity contribution is -0.0171. The zero-order valence-corrected chi connectivity index (χ0v) is 10.2. The van der Waals surface area contributed by atoms with Crippen LogP contribution in [0.4, 0.5) is 0 Å². The molecule has 0 spiro atoms. The largest absolute Gasteiger partial charge is 0.370 e. The second-order valence-corrected chi connectivity index (χ2v) is 4.57. The van der Waals surface area contributed by atoms with Crippen molar-refractivity contribution >= 4 is 15.9 Å². The second-order valence-electron chi connectivity index (χ2n) is 3.65. The molecule has 2 nitrogen and oxygen atoms in total. The summed E-state index contributed by atoms with van der Waals surface area (Å²) in [4.78, 5) is 0. The van der Waals surface area contributed by atoms with Gasteiger partial charge in [-0.1, -0.05) is 28.1 Å².